The van der Waals surface area contributed by atoms with E-state index in [-0.39, 0.29) is 10.8 Å². The second-order valence-electron chi connectivity index (χ2n) is 7.03. The molecule has 2 aromatic rings. The molecule has 0 fully saturated rings. The normalized spacial score (nSPS) is 15.0. The topological polar surface area (TPSA) is 82.6 Å². The number of carbonyl (C=O) groups excluding carboxylic acids is 1. The number of fused-ring (bicyclic) bond motifs is 1. The number of likely N-dealkylation sites (N-methyl/N-ethyl adjacent to an activating group) is 1. The van der Waals surface area contributed by atoms with Crippen molar-refractivity contribution in [1.82, 2.24) is 14.2 Å². The van der Waals surface area contributed by atoms with Gasteiger partial charge in [0.15, 0.2) is 5.13 Å². The molecule has 146 valence electrons. The van der Waals surface area contributed by atoms with Crippen LogP contribution in [0.3, 0.4) is 0 Å². The van der Waals surface area contributed by atoms with E-state index in [0.717, 1.165) is 40.0 Å². The van der Waals surface area contributed by atoms with Crippen molar-refractivity contribution in [3.8, 4) is 0 Å². The van der Waals surface area contributed by atoms with Crippen molar-refractivity contribution in [1.29, 1.82) is 0 Å². The van der Waals surface area contributed by atoms with E-state index in [2.05, 4.69) is 22.2 Å². The summed E-state index contributed by atoms with van der Waals surface area (Å²) in [4.78, 5) is 20.8. The fourth-order valence-electron chi connectivity index (χ4n) is 2.97. The molecular weight excluding hydrogens is 384 g/mol. The monoisotopic (exact) mass is 408 g/mol. The molecule has 7 nitrogen and oxygen atoms in total. The molecule has 0 saturated carbocycles. The summed E-state index contributed by atoms with van der Waals surface area (Å²) in [5, 5.41) is 3.38. The van der Waals surface area contributed by atoms with Crippen molar-refractivity contribution in [2.24, 2.45) is 0 Å². The van der Waals surface area contributed by atoms with Gasteiger partial charge in [-0.15, -0.1) is 11.3 Å². The van der Waals surface area contributed by atoms with Gasteiger partial charge < -0.3 is 4.90 Å². The van der Waals surface area contributed by atoms with Crippen LogP contribution in [0.4, 0.5) is 5.13 Å². The van der Waals surface area contributed by atoms with Crippen LogP contribution in [0.1, 0.15) is 32.1 Å². The lowest BCUT2D eigenvalue weighted by Gasteiger charge is -2.20. The number of nitrogens with zero attached hydrogens (tertiary/aromatic N) is 3. The predicted molar refractivity (Wildman–Crippen MR) is 107 cm³/mol. The highest BCUT2D eigenvalue weighted by Gasteiger charge is 2.24. The second-order valence-corrected chi connectivity index (χ2v) is 10.2. The third kappa shape index (κ3) is 3.91. The van der Waals surface area contributed by atoms with Crippen molar-refractivity contribution in [2.45, 2.75) is 31.7 Å². The minimum Gasteiger partial charge on any atom is -0.301 e. The van der Waals surface area contributed by atoms with Gasteiger partial charge in [-0.3, -0.25) is 10.1 Å². The quantitative estimate of drug-likeness (QED) is 0.839. The third-order valence-corrected chi connectivity index (χ3v) is 7.72. The van der Waals surface area contributed by atoms with Crippen LogP contribution in [0.2, 0.25) is 0 Å². The number of thiazole rings is 1. The van der Waals surface area contributed by atoms with Crippen LogP contribution in [0.25, 0.3) is 0 Å². The van der Waals surface area contributed by atoms with Gasteiger partial charge in [0.25, 0.3) is 5.91 Å². The van der Waals surface area contributed by atoms with Crippen LogP contribution in [0, 0.1) is 13.8 Å². The average molecular weight is 409 g/mol. The average Bonchev–Trinajstić information content (AvgIpc) is 2.97. The van der Waals surface area contributed by atoms with Gasteiger partial charge in [-0.2, -0.15) is 0 Å². The first-order valence-corrected chi connectivity index (χ1v) is 10.9. The summed E-state index contributed by atoms with van der Waals surface area (Å²) in [6.45, 7) is 5.34. The van der Waals surface area contributed by atoms with E-state index in [1.165, 1.54) is 31.5 Å². The standard InChI is InChI=1S/C18H24N4O3S2/c1-11-8-13(9-16(12(11)2)27(24,25)21(3)4)17(23)20-18-19-14-6-7-22(5)10-15(14)26-18/h8-9H,6-7,10H2,1-5H3,(H,19,20,23). The number of sulfonamides is 1. The lowest BCUT2D eigenvalue weighted by Crippen LogP contribution is -2.25. The van der Waals surface area contributed by atoms with Crippen molar-refractivity contribution in [2.75, 3.05) is 33.0 Å². The Morgan fingerprint density at radius 3 is 2.67 bits per heavy atom. The smallest absolute Gasteiger partial charge is 0.257 e. The number of carbonyl (C=O) groups is 1. The van der Waals surface area contributed by atoms with Gasteiger partial charge in [0, 0.05) is 44.0 Å². The molecule has 27 heavy (non-hydrogen) atoms. The fraction of sp³-hybridized carbons (Fsp3) is 0.444. The molecule has 2 heterocycles. The molecule has 0 unspecified atom stereocenters. The number of aryl methyl sites for hydroxylation is 1. The van der Waals surface area contributed by atoms with Crippen molar-refractivity contribution in [3.63, 3.8) is 0 Å². The van der Waals surface area contributed by atoms with E-state index in [1.807, 2.05) is 0 Å². The maximum absolute atomic E-state index is 12.7. The first-order valence-electron chi connectivity index (χ1n) is 8.62. The highest BCUT2D eigenvalue weighted by atomic mass is 32.2. The number of aromatic nitrogens is 1. The maximum atomic E-state index is 12.7. The molecule has 0 radical (unpaired) electrons. The van der Waals surface area contributed by atoms with Crippen LogP contribution in [0.15, 0.2) is 17.0 Å². The molecule has 0 spiro atoms. The number of amides is 1. The molecule has 1 aliphatic heterocycles. The SMILES string of the molecule is Cc1cc(C(=O)Nc2nc3c(s2)CN(C)CC3)cc(S(=O)(=O)N(C)C)c1C. The van der Waals surface area contributed by atoms with Gasteiger partial charge in [0.05, 0.1) is 10.6 Å². The Labute approximate surface area is 164 Å². The molecule has 1 aromatic carbocycles. The van der Waals surface area contributed by atoms with Crippen LogP contribution in [-0.4, -0.2) is 56.2 Å². The van der Waals surface area contributed by atoms with Crippen LogP contribution >= 0.6 is 11.3 Å². The van der Waals surface area contributed by atoms with Crippen LogP contribution in [0.5, 0.6) is 0 Å². The predicted octanol–water partition coefficient (Wildman–Crippen LogP) is 2.25. The van der Waals surface area contributed by atoms with E-state index < -0.39 is 10.0 Å². The molecule has 1 aliphatic rings. The zero-order valence-corrected chi connectivity index (χ0v) is 17.8. The number of nitrogens with one attached hydrogen (secondary N) is 1. The van der Waals surface area contributed by atoms with E-state index >= 15 is 0 Å². The van der Waals surface area contributed by atoms with Gasteiger partial charge in [-0.25, -0.2) is 17.7 Å². The lowest BCUT2D eigenvalue weighted by atomic mass is 10.1. The molecule has 0 aliphatic carbocycles. The summed E-state index contributed by atoms with van der Waals surface area (Å²) < 4.78 is 26.3. The molecule has 0 saturated heterocycles. The van der Waals surface area contributed by atoms with Gasteiger partial charge in [0.2, 0.25) is 10.0 Å². The molecule has 1 amide bonds. The number of hydrogen-bond acceptors (Lipinski definition) is 6. The Hall–Kier alpha value is -1.81. The Balaban J connectivity index is 1.91. The highest BCUT2D eigenvalue weighted by molar-refractivity contribution is 7.89. The summed E-state index contributed by atoms with van der Waals surface area (Å²) in [6, 6.07) is 3.15. The van der Waals surface area contributed by atoms with Gasteiger partial charge in [-0.05, 0) is 44.2 Å². The Morgan fingerprint density at radius 2 is 2.00 bits per heavy atom. The van der Waals surface area contributed by atoms with Crippen LogP contribution in [-0.2, 0) is 23.0 Å². The van der Waals surface area contributed by atoms with E-state index in [9.17, 15) is 13.2 Å². The Morgan fingerprint density at radius 1 is 1.30 bits per heavy atom. The minimum atomic E-state index is -3.63. The number of hydrogen-bond donors (Lipinski definition) is 1. The minimum absolute atomic E-state index is 0.151. The summed E-state index contributed by atoms with van der Waals surface area (Å²) in [5.74, 6) is -0.354. The molecule has 1 N–H and O–H groups in total. The molecule has 0 bridgehead atoms. The van der Waals surface area contributed by atoms with Crippen molar-refractivity contribution in [3.05, 3.63) is 39.4 Å². The van der Waals surface area contributed by atoms with Crippen molar-refractivity contribution < 1.29 is 13.2 Å². The first-order chi connectivity index (χ1) is 12.6. The zero-order chi connectivity index (χ0) is 19.9. The number of anilines is 1. The third-order valence-electron chi connectivity index (χ3n) is 4.78. The Kier molecular flexibility index (Phi) is 5.40. The summed E-state index contributed by atoms with van der Waals surface area (Å²) >= 11 is 1.47. The summed E-state index contributed by atoms with van der Waals surface area (Å²) in [5.41, 5.74) is 2.74. The first kappa shape index (κ1) is 19.9. The lowest BCUT2D eigenvalue weighted by molar-refractivity contribution is 0.102. The largest absolute Gasteiger partial charge is 0.301 e. The van der Waals surface area contributed by atoms with Gasteiger partial charge in [-0.1, -0.05) is 0 Å². The fourth-order valence-corrected chi connectivity index (χ4v) is 5.27. The second kappa shape index (κ2) is 7.31. The van der Waals surface area contributed by atoms with Crippen molar-refractivity contribution >= 4 is 32.4 Å². The molecule has 3 rings (SSSR count). The summed E-state index contributed by atoms with van der Waals surface area (Å²) in [6.07, 6.45) is 0.868. The highest BCUT2D eigenvalue weighted by Crippen LogP contribution is 2.29. The molecule has 1 aromatic heterocycles. The molecule has 9 heteroatoms. The van der Waals surface area contributed by atoms with E-state index in [1.54, 1.807) is 19.9 Å². The number of rotatable bonds is 4. The summed E-state index contributed by atoms with van der Waals surface area (Å²) in [7, 11) is 1.39. The molecule has 0 atom stereocenters. The zero-order valence-electron chi connectivity index (χ0n) is 16.2. The molecular formula is C18H24N4O3S2. The maximum Gasteiger partial charge on any atom is 0.257 e. The van der Waals surface area contributed by atoms with E-state index in [4.69, 9.17) is 0 Å². The van der Waals surface area contributed by atoms with Gasteiger partial charge >= 0.3 is 0 Å². The van der Waals surface area contributed by atoms with Crippen LogP contribution < -0.4 is 5.32 Å². The Bertz CT molecular complexity index is 996. The van der Waals surface area contributed by atoms with E-state index in [0.29, 0.717) is 16.3 Å². The number of benzene rings is 1. The van der Waals surface area contributed by atoms with Gasteiger partial charge in [0.1, 0.15) is 0 Å².